The number of imidazole rings is 1. The predicted molar refractivity (Wildman–Crippen MR) is 107 cm³/mol. The summed E-state index contributed by atoms with van der Waals surface area (Å²) in [7, 11) is 1.44. The average molecular weight is 427 g/mol. The third kappa shape index (κ3) is 3.05. The highest BCUT2D eigenvalue weighted by Gasteiger charge is 2.61. The number of nitrogens with zero attached hydrogens (tertiary/aromatic N) is 4. The third-order valence-electron chi connectivity index (χ3n) is 5.71. The van der Waals surface area contributed by atoms with E-state index in [1.165, 1.54) is 13.4 Å². The molecule has 1 aromatic carbocycles. The molecule has 2 unspecified atom stereocenters. The molecule has 31 heavy (non-hydrogen) atoms. The van der Waals surface area contributed by atoms with Crippen molar-refractivity contribution in [2.24, 2.45) is 0 Å². The summed E-state index contributed by atoms with van der Waals surface area (Å²) >= 11 is 0. The second-order valence-corrected chi connectivity index (χ2v) is 7.41. The van der Waals surface area contributed by atoms with Gasteiger partial charge in [0.2, 0.25) is 11.8 Å². The number of aliphatic hydroxyl groups excluding tert-OH is 2. The van der Waals surface area contributed by atoms with Crippen LogP contribution in [0.3, 0.4) is 0 Å². The maximum atomic E-state index is 12.6. The maximum absolute atomic E-state index is 12.6. The number of hydrogen-bond acceptors (Lipinski definition) is 9. The number of amides is 1. The van der Waals surface area contributed by atoms with Gasteiger partial charge in [-0.25, -0.2) is 4.98 Å². The Balaban J connectivity index is 1.55. The fourth-order valence-electron chi connectivity index (χ4n) is 4.05. The van der Waals surface area contributed by atoms with E-state index >= 15 is 0 Å². The number of methoxy groups -OCH3 is 1. The highest BCUT2D eigenvalue weighted by atomic mass is 16.6. The van der Waals surface area contributed by atoms with E-state index < -0.39 is 24.0 Å². The topological polar surface area (TPSA) is 141 Å². The van der Waals surface area contributed by atoms with Gasteiger partial charge in [0.25, 0.3) is 5.91 Å². The van der Waals surface area contributed by atoms with Gasteiger partial charge >= 0.3 is 0 Å². The first kappa shape index (κ1) is 19.8. The van der Waals surface area contributed by atoms with E-state index in [4.69, 9.17) is 14.2 Å². The largest absolute Gasteiger partial charge is 0.479 e. The lowest BCUT2D eigenvalue weighted by Crippen LogP contribution is -2.56. The number of ether oxygens (including phenoxy) is 3. The zero-order valence-corrected chi connectivity index (χ0v) is 16.6. The molecule has 2 saturated heterocycles. The third-order valence-corrected chi connectivity index (χ3v) is 5.71. The fraction of sp³-hybridized carbons (Fsp3) is 0.400. The Bertz CT molecular complexity index is 1120. The number of rotatable bonds is 5. The van der Waals surface area contributed by atoms with Crippen molar-refractivity contribution < 1.29 is 29.2 Å². The molecule has 162 valence electrons. The first-order valence-corrected chi connectivity index (χ1v) is 9.80. The van der Waals surface area contributed by atoms with Crippen LogP contribution in [0, 0.1) is 0 Å². The molecule has 2 fully saturated rings. The number of fused-ring (bicyclic) bond motifs is 1. The zero-order chi connectivity index (χ0) is 21.6. The molecule has 4 heterocycles. The quantitative estimate of drug-likeness (QED) is 0.531. The number of anilines is 1. The molecule has 3 N–H and O–H groups in total. The van der Waals surface area contributed by atoms with Crippen LogP contribution in [0.1, 0.15) is 23.0 Å². The molecular formula is C20H21N5O6. The molecule has 2 aromatic heterocycles. The van der Waals surface area contributed by atoms with Crippen LogP contribution in [0.2, 0.25) is 0 Å². The van der Waals surface area contributed by atoms with Crippen molar-refractivity contribution in [3.63, 3.8) is 0 Å². The van der Waals surface area contributed by atoms with Crippen LogP contribution in [-0.4, -0.2) is 73.8 Å². The Kier molecular flexibility index (Phi) is 4.82. The summed E-state index contributed by atoms with van der Waals surface area (Å²) in [4.78, 5) is 25.6. The molecule has 2 aliphatic rings. The monoisotopic (exact) mass is 427 g/mol. The molecule has 3 aromatic rings. The minimum absolute atomic E-state index is 0.0285. The fourth-order valence-corrected chi connectivity index (χ4v) is 4.05. The molecule has 0 radical (unpaired) electrons. The minimum Gasteiger partial charge on any atom is -0.479 e. The van der Waals surface area contributed by atoms with Crippen LogP contribution >= 0.6 is 0 Å². The Hall–Kier alpha value is -3.12. The van der Waals surface area contributed by atoms with Gasteiger partial charge in [-0.15, -0.1) is 0 Å². The van der Waals surface area contributed by atoms with Crippen molar-refractivity contribution in [1.29, 1.82) is 0 Å². The van der Waals surface area contributed by atoms with E-state index in [1.54, 1.807) is 28.8 Å². The second-order valence-electron chi connectivity index (χ2n) is 7.41. The molecule has 11 nitrogen and oxygen atoms in total. The number of aromatic nitrogens is 4. The molecule has 11 heteroatoms. The lowest BCUT2D eigenvalue weighted by Gasteiger charge is -2.44. The maximum Gasteiger partial charge on any atom is 0.258 e. The minimum atomic E-state index is -1.01. The number of carbonyl (C=O) groups excluding carboxylic acids is 1. The Morgan fingerprint density at radius 2 is 2.13 bits per heavy atom. The molecule has 0 aliphatic carbocycles. The van der Waals surface area contributed by atoms with E-state index in [0.717, 1.165) is 0 Å². The number of carbonyl (C=O) groups is 1. The summed E-state index contributed by atoms with van der Waals surface area (Å²) < 4.78 is 18.6. The van der Waals surface area contributed by atoms with Crippen LogP contribution in [0.5, 0.6) is 5.88 Å². The second kappa shape index (κ2) is 7.54. The summed E-state index contributed by atoms with van der Waals surface area (Å²) in [6.07, 6.45) is -0.533. The molecular weight excluding hydrogens is 406 g/mol. The van der Waals surface area contributed by atoms with Gasteiger partial charge in [-0.2, -0.15) is 9.97 Å². The first-order valence-electron chi connectivity index (χ1n) is 9.80. The molecule has 0 bridgehead atoms. The van der Waals surface area contributed by atoms with Crippen LogP contribution in [0.15, 0.2) is 36.7 Å². The van der Waals surface area contributed by atoms with Gasteiger partial charge in [0.1, 0.15) is 17.8 Å². The van der Waals surface area contributed by atoms with Crippen LogP contribution in [-0.2, 0) is 9.47 Å². The van der Waals surface area contributed by atoms with Gasteiger partial charge in [-0.3, -0.25) is 14.7 Å². The lowest BCUT2D eigenvalue weighted by molar-refractivity contribution is -0.225. The Morgan fingerprint density at radius 3 is 2.77 bits per heavy atom. The molecule has 2 aliphatic heterocycles. The van der Waals surface area contributed by atoms with Gasteiger partial charge < -0.3 is 24.4 Å². The van der Waals surface area contributed by atoms with Crippen molar-refractivity contribution in [3.05, 3.63) is 42.2 Å². The highest BCUT2D eigenvalue weighted by molar-refractivity contribution is 6.03. The molecule has 1 spiro atoms. The van der Waals surface area contributed by atoms with Gasteiger partial charge in [0.05, 0.1) is 26.7 Å². The molecule has 0 saturated carbocycles. The van der Waals surface area contributed by atoms with Gasteiger partial charge in [0, 0.05) is 12.0 Å². The van der Waals surface area contributed by atoms with Gasteiger partial charge in [0.15, 0.2) is 17.4 Å². The van der Waals surface area contributed by atoms with Crippen molar-refractivity contribution in [2.45, 2.75) is 30.5 Å². The van der Waals surface area contributed by atoms with Crippen molar-refractivity contribution >= 4 is 23.0 Å². The lowest BCUT2D eigenvalue weighted by atomic mass is 9.86. The normalized spacial score (nSPS) is 27.4. The highest BCUT2D eigenvalue weighted by Crippen LogP contribution is 2.49. The zero-order valence-electron chi connectivity index (χ0n) is 16.6. The van der Waals surface area contributed by atoms with Crippen molar-refractivity contribution in [1.82, 2.24) is 19.5 Å². The van der Waals surface area contributed by atoms with Crippen LogP contribution in [0.25, 0.3) is 11.2 Å². The van der Waals surface area contributed by atoms with Gasteiger partial charge in [-0.1, -0.05) is 18.2 Å². The summed E-state index contributed by atoms with van der Waals surface area (Å²) in [5.74, 6) is -0.173. The van der Waals surface area contributed by atoms with Crippen molar-refractivity contribution in [2.75, 3.05) is 25.6 Å². The van der Waals surface area contributed by atoms with Gasteiger partial charge in [-0.05, 0) is 12.1 Å². The number of hydrogen-bond donors (Lipinski definition) is 3. The summed E-state index contributed by atoms with van der Waals surface area (Å²) in [6.45, 7) is 0.116. The van der Waals surface area contributed by atoms with Crippen molar-refractivity contribution in [3.8, 4) is 5.88 Å². The molecule has 5 rings (SSSR count). The van der Waals surface area contributed by atoms with E-state index in [1.807, 2.05) is 6.07 Å². The van der Waals surface area contributed by atoms with Crippen LogP contribution < -0.4 is 10.1 Å². The Morgan fingerprint density at radius 1 is 1.35 bits per heavy atom. The van der Waals surface area contributed by atoms with E-state index in [2.05, 4.69) is 20.3 Å². The molecule has 1 amide bonds. The number of aliphatic hydroxyl groups is 2. The van der Waals surface area contributed by atoms with Crippen LogP contribution in [0.4, 0.5) is 5.95 Å². The molecule has 4 atom stereocenters. The standard InChI is InChI=1S/C20H21N5O6/c1-29-17-13-15(22-19(24-17)23-16(28)11-5-3-2-4-6-11)25(10-21-13)18-20(7-8-30-20)14(27)12(9-26)31-18/h2-6,10,12,14,18,26-27H,7-9H2,1H3,(H,22,23,24,28)/t12?,14-,18?,20-/m1/s1. The van der Waals surface area contributed by atoms with E-state index in [9.17, 15) is 15.0 Å². The number of nitrogens with one attached hydrogen (secondary N) is 1. The van der Waals surface area contributed by atoms with E-state index in [0.29, 0.717) is 29.8 Å². The smallest absolute Gasteiger partial charge is 0.258 e. The predicted octanol–water partition coefficient (Wildman–Crippen LogP) is 0.497. The Labute approximate surface area is 176 Å². The van der Waals surface area contributed by atoms with E-state index in [-0.39, 0.29) is 24.3 Å². The summed E-state index contributed by atoms with van der Waals surface area (Å²) in [5, 5.41) is 22.9. The summed E-state index contributed by atoms with van der Waals surface area (Å²) in [5.41, 5.74) is 0.141. The average Bonchev–Trinajstić information content (AvgIpc) is 3.31. The SMILES string of the molecule is COc1nc(NC(=O)c2ccccc2)nc2c1ncn2C1OC(CO)[C@@H](O)[C@]12CCO2. The summed E-state index contributed by atoms with van der Waals surface area (Å²) in [6, 6.07) is 8.68. The first-order chi connectivity index (χ1) is 15.1. The number of benzene rings is 1.